The Balaban J connectivity index is 2.00. The summed E-state index contributed by atoms with van der Waals surface area (Å²) in [5.41, 5.74) is 0. The maximum absolute atomic E-state index is 12.3. The summed E-state index contributed by atoms with van der Waals surface area (Å²) in [5.74, 6) is -1.61. The number of rotatable bonds is 2. The minimum atomic E-state index is -0.827. The first kappa shape index (κ1) is 12.4. The minimum Gasteiger partial charge on any atom is -0.481 e. The number of hydrogen-bond donors (Lipinski definition) is 1. The van der Waals surface area contributed by atoms with Crippen LogP contribution in [0.3, 0.4) is 0 Å². The molecular weight excluding hydrogens is 222 g/mol. The van der Waals surface area contributed by atoms with Gasteiger partial charge in [0.25, 0.3) is 0 Å². The predicted octanol–water partition coefficient (Wildman–Crippen LogP) is 0.736. The van der Waals surface area contributed by atoms with Gasteiger partial charge in [-0.3, -0.25) is 9.59 Å². The molecule has 0 aromatic heterocycles. The third kappa shape index (κ3) is 2.77. The number of aliphatic carboxylic acids is 1. The molecule has 1 saturated carbocycles. The van der Waals surface area contributed by atoms with Gasteiger partial charge < -0.3 is 14.7 Å². The molecule has 0 radical (unpaired) electrons. The Morgan fingerprint density at radius 2 is 1.82 bits per heavy atom. The van der Waals surface area contributed by atoms with Crippen molar-refractivity contribution in [3.63, 3.8) is 0 Å². The molecule has 2 aliphatic rings. The van der Waals surface area contributed by atoms with Gasteiger partial charge in [0.15, 0.2) is 0 Å². The van der Waals surface area contributed by atoms with Crippen LogP contribution in [-0.4, -0.2) is 48.2 Å². The molecule has 5 heteroatoms. The zero-order valence-corrected chi connectivity index (χ0v) is 9.93. The second-order valence-corrected chi connectivity index (χ2v) is 4.77. The smallest absolute Gasteiger partial charge is 0.307 e. The van der Waals surface area contributed by atoms with E-state index >= 15 is 0 Å². The lowest BCUT2D eigenvalue weighted by Gasteiger charge is -2.25. The summed E-state index contributed by atoms with van der Waals surface area (Å²) in [6.45, 7) is 2.55. The van der Waals surface area contributed by atoms with Crippen LogP contribution < -0.4 is 0 Å². The Bertz CT molecular complexity index is 297. The monoisotopic (exact) mass is 241 g/mol. The van der Waals surface area contributed by atoms with Gasteiger partial charge in [0.2, 0.25) is 5.91 Å². The van der Waals surface area contributed by atoms with Crippen LogP contribution in [-0.2, 0) is 14.3 Å². The molecule has 1 aliphatic carbocycles. The van der Waals surface area contributed by atoms with Gasteiger partial charge in [0.1, 0.15) is 0 Å². The maximum atomic E-state index is 12.3. The standard InChI is InChI=1S/C12H19NO4/c14-11(13-5-2-7-17-8-6-13)9-3-1-4-10(9)12(15)16/h9-10H,1-8H2,(H,15,16)/t9-,10+/m1/s1. The van der Waals surface area contributed by atoms with Crippen LogP contribution in [0.5, 0.6) is 0 Å². The molecule has 1 amide bonds. The van der Waals surface area contributed by atoms with E-state index in [0.717, 1.165) is 12.8 Å². The van der Waals surface area contributed by atoms with Gasteiger partial charge in [-0.1, -0.05) is 6.42 Å². The second kappa shape index (κ2) is 5.49. The maximum Gasteiger partial charge on any atom is 0.307 e. The van der Waals surface area contributed by atoms with E-state index in [0.29, 0.717) is 39.1 Å². The summed E-state index contributed by atoms with van der Waals surface area (Å²) in [6, 6.07) is 0. The van der Waals surface area contributed by atoms with Crippen molar-refractivity contribution in [2.75, 3.05) is 26.3 Å². The van der Waals surface area contributed by atoms with Crippen LogP contribution >= 0.6 is 0 Å². The molecule has 0 bridgehead atoms. The number of nitrogens with zero attached hydrogens (tertiary/aromatic N) is 1. The van der Waals surface area contributed by atoms with Gasteiger partial charge in [-0.05, 0) is 19.3 Å². The number of hydrogen-bond acceptors (Lipinski definition) is 3. The normalized spacial score (nSPS) is 30.0. The molecular formula is C12H19NO4. The fourth-order valence-electron chi connectivity index (χ4n) is 2.75. The highest BCUT2D eigenvalue weighted by atomic mass is 16.5. The largest absolute Gasteiger partial charge is 0.481 e. The lowest BCUT2D eigenvalue weighted by molar-refractivity contribution is -0.149. The Morgan fingerprint density at radius 3 is 2.59 bits per heavy atom. The summed E-state index contributed by atoms with van der Waals surface area (Å²) in [6.07, 6.45) is 3.04. The van der Waals surface area contributed by atoms with E-state index in [-0.39, 0.29) is 11.8 Å². The zero-order chi connectivity index (χ0) is 12.3. The molecule has 2 rings (SSSR count). The number of carboxylic acid groups (broad SMARTS) is 1. The van der Waals surface area contributed by atoms with E-state index in [1.54, 1.807) is 4.90 Å². The van der Waals surface area contributed by atoms with Crippen LogP contribution in [0.25, 0.3) is 0 Å². The highest BCUT2D eigenvalue weighted by molar-refractivity contribution is 5.85. The van der Waals surface area contributed by atoms with Gasteiger partial charge in [-0.2, -0.15) is 0 Å². The predicted molar refractivity (Wildman–Crippen MR) is 60.5 cm³/mol. The summed E-state index contributed by atoms with van der Waals surface area (Å²) in [4.78, 5) is 25.1. The van der Waals surface area contributed by atoms with Crippen LogP contribution in [0.1, 0.15) is 25.7 Å². The van der Waals surface area contributed by atoms with E-state index < -0.39 is 11.9 Å². The zero-order valence-electron chi connectivity index (χ0n) is 9.93. The Morgan fingerprint density at radius 1 is 1.06 bits per heavy atom. The second-order valence-electron chi connectivity index (χ2n) is 4.77. The highest BCUT2D eigenvalue weighted by Gasteiger charge is 2.39. The first-order chi connectivity index (χ1) is 8.20. The van der Waals surface area contributed by atoms with Crippen molar-refractivity contribution in [1.82, 2.24) is 4.90 Å². The molecule has 2 fully saturated rings. The highest BCUT2D eigenvalue weighted by Crippen LogP contribution is 2.33. The van der Waals surface area contributed by atoms with Crippen molar-refractivity contribution in [2.24, 2.45) is 11.8 Å². The number of amides is 1. The minimum absolute atomic E-state index is 0.0143. The Hall–Kier alpha value is -1.10. The third-order valence-corrected chi connectivity index (χ3v) is 3.68. The van der Waals surface area contributed by atoms with Crippen LogP contribution in [0, 0.1) is 11.8 Å². The van der Waals surface area contributed by atoms with E-state index in [2.05, 4.69) is 0 Å². The fourth-order valence-corrected chi connectivity index (χ4v) is 2.75. The van der Waals surface area contributed by atoms with Crippen molar-refractivity contribution in [2.45, 2.75) is 25.7 Å². The van der Waals surface area contributed by atoms with Crippen molar-refractivity contribution in [3.05, 3.63) is 0 Å². The first-order valence-corrected chi connectivity index (χ1v) is 6.29. The van der Waals surface area contributed by atoms with Gasteiger partial charge >= 0.3 is 5.97 Å². The molecule has 0 aromatic carbocycles. The Kier molecular flexibility index (Phi) is 3.99. The average Bonchev–Trinajstić information content (AvgIpc) is 2.64. The number of carbonyl (C=O) groups excluding carboxylic acids is 1. The molecule has 1 aliphatic heterocycles. The topological polar surface area (TPSA) is 66.8 Å². The van der Waals surface area contributed by atoms with Gasteiger partial charge in [-0.15, -0.1) is 0 Å². The summed E-state index contributed by atoms with van der Waals surface area (Å²) in [5, 5.41) is 9.09. The summed E-state index contributed by atoms with van der Waals surface area (Å²) < 4.78 is 5.30. The van der Waals surface area contributed by atoms with Crippen molar-refractivity contribution < 1.29 is 19.4 Å². The molecule has 5 nitrogen and oxygen atoms in total. The van der Waals surface area contributed by atoms with Crippen LogP contribution in [0.2, 0.25) is 0 Å². The van der Waals surface area contributed by atoms with E-state index in [1.165, 1.54) is 0 Å². The lowest BCUT2D eigenvalue weighted by atomic mass is 9.94. The molecule has 2 atom stereocenters. The SMILES string of the molecule is O=C(O)[C@H]1CCC[C@H]1C(=O)N1CCCOCC1. The third-order valence-electron chi connectivity index (χ3n) is 3.68. The van der Waals surface area contributed by atoms with Crippen LogP contribution in [0.4, 0.5) is 0 Å². The van der Waals surface area contributed by atoms with E-state index in [9.17, 15) is 9.59 Å². The molecule has 0 spiro atoms. The lowest BCUT2D eigenvalue weighted by Crippen LogP contribution is -2.40. The molecule has 1 saturated heterocycles. The van der Waals surface area contributed by atoms with Gasteiger partial charge in [-0.25, -0.2) is 0 Å². The van der Waals surface area contributed by atoms with Crippen molar-refractivity contribution in [1.29, 1.82) is 0 Å². The quantitative estimate of drug-likeness (QED) is 0.774. The molecule has 1 heterocycles. The van der Waals surface area contributed by atoms with Gasteiger partial charge in [0.05, 0.1) is 18.4 Å². The molecule has 17 heavy (non-hydrogen) atoms. The number of ether oxygens (including phenoxy) is 1. The van der Waals surface area contributed by atoms with Crippen molar-refractivity contribution >= 4 is 11.9 Å². The molecule has 96 valence electrons. The summed E-state index contributed by atoms with van der Waals surface area (Å²) in [7, 11) is 0. The number of carboxylic acids is 1. The molecule has 0 aromatic rings. The average molecular weight is 241 g/mol. The van der Waals surface area contributed by atoms with Crippen molar-refractivity contribution in [3.8, 4) is 0 Å². The first-order valence-electron chi connectivity index (χ1n) is 6.29. The number of carbonyl (C=O) groups is 2. The molecule has 0 unspecified atom stereocenters. The van der Waals surface area contributed by atoms with E-state index in [4.69, 9.17) is 9.84 Å². The fraction of sp³-hybridized carbons (Fsp3) is 0.833. The summed E-state index contributed by atoms with van der Waals surface area (Å²) >= 11 is 0. The molecule has 1 N–H and O–H groups in total. The van der Waals surface area contributed by atoms with Gasteiger partial charge in [0, 0.05) is 19.7 Å². The Labute approximate surface area is 101 Å². The van der Waals surface area contributed by atoms with E-state index in [1.807, 2.05) is 0 Å². The van der Waals surface area contributed by atoms with Crippen LogP contribution in [0.15, 0.2) is 0 Å².